The summed E-state index contributed by atoms with van der Waals surface area (Å²) in [7, 11) is 0. The van der Waals surface area contributed by atoms with Crippen molar-refractivity contribution < 1.29 is 0 Å². The third kappa shape index (κ3) is 3.46. The predicted molar refractivity (Wildman–Crippen MR) is 69.6 cm³/mol. The van der Waals surface area contributed by atoms with Gasteiger partial charge in [-0.3, -0.25) is 0 Å². The molecule has 2 heteroatoms. The van der Waals surface area contributed by atoms with Crippen molar-refractivity contribution >= 4 is 0 Å². The molecular formula is C14H28N2. The summed E-state index contributed by atoms with van der Waals surface area (Å²) in [6, 6.07) is 0. The molecule has 2 saturated heterocycles. The molecule has 2 heterocycles. The van der Waals surface area contributed by atoms with Crippen LogP contribution < -0.4 is 5.32 Å². The highest BCUT2D eigenvalue weighted by molar-refractivity contribution is 4.77. The fraction of sp³-hybridized carbons (Fsp3) is 1.00. The summed E-state index contributed by atoms with van der Waals surface area (Å²) in [5.41, 5.74) is 0. The van der Waals surface area contributed by atoms with Crippen LogP contribution in [0, 0.1) is 17.8 Å². The van der Waals surface area contributed by atoms with Crippen molar-refractivity contribution in [1.82, 2.24) is 10.2 Å². The average molecular weight is 224 g/mol. The number of nitrogens with one attached hydrogen (secondary N) is 1. The first kappa shape index (κ1) is 12.4. The molecule has 0 aliphatic carbocycles. The van der Waals surface area contributed by atoms with Gasteiger partial charge in [-0.1, -0.05) is 13.8 Å². The summed E-state index contributed by atoms with van der Waals surface area (Å²) >= 11 is 0. The Labute approximate surface area is 101 Å². The quantitative estimate of drug-likeness (QED) is 0.788. The van der Waals surface area contributed by atoms with Crippen LogP contribution in [0.5, 0.6) is 0 Å². The van der Waals surface area contributed by atoms with Gasteiger partial charge in [-0.05, 0) is 69.6 Å². The van der Waals surface area contributed by atoms with Crippen LogP contribution in [0.3, 0.4) is 0 Å². The van der Waals surface area contributed by atoms with Gasteiger partial charge in [-0.2, -0.15) is 0 Å². The van der Waals surface area contributed by atoms with Gasteiger partial charge in [0.05, 0.1) is 0 Å². The maximum Gasteiger partial charge on any atom is 0.000750 e. The van der Waals surface area contributed by atoms with Gasteiger partial charge in [0.15, 0.2) is 0 Å². The molecular weight excluding hydrogens is 196 g/mol. The first-order valence-corrected chi connectivity index (χ1v) is 7.19. The van der Waals surface area contributed by atoms with Gasteiger partial charge in [0.1, 0.15) is 0 Å². The second-order valence-corrected chi connectivity index (χ2v) is 6.07. The lowest BCUT2D eigenvalue weighted by Gasteiger charge is -2.29. The smallest absolute Gasteiger partial charge is 0.000750 e. The lowest BCUT2D eigenvalue weighted by Crippen LogP contribution is -2.34. The molecule has 2 fully saturated rings. The topological polar surface area (TPSA) is 15.3 Å². The highest BCUT2D eigenvalue weighted by Crippen LogP contribution is 2.24. The van der Waals surface area contributed by atoms with Crippen LogP contribution in [0.1, 0.15) is 39.5 Å². The van der Waals surface area contributed by atoms with E-state index in [1.54, 1.807) is 0 Å². The molecule has 2 rings (SSSR count). The number of rotatable bonds is 4. The molecule has 3 unspecified atom stereocenters. The zero-order valence-corrected chi connectivity index (χ0v) is 11.0. The van der Waals surface area contributed by atoms with Crippen molar-refractivity contribution in [2.24, 2.45) is 17.8 Å². The minimum atomic E-state index is 0.906. The first-order valence-electron chi connectivity index (χ1n) is 7.19. The van der Waals surface area contributed by atoms with Crippen molar-refractivity contribution in [2.75, 3.05) is 32.7 Å². The molecule has 2 aliphatic rings. The Morgan fingerprint density at radius 3 is 2.88 bits per heavy atom. The molecule has 16 heavy (non-hydrogen) atoms. The van der Waals surface area contributed by atoms with Crippen LogP contribution in [0.25, 0.3) is 0 Å². The first-order chi connectivity index (χ1) is 7.75. The predicted octanol–water partition coefficient (Wildman–Crippen LogP) is 2.35. The number of nitrogens with zero attached hydrogens (tertiary/aromatic N) is 1. The van der Waals surface area contributed by atoms with Gasteiger partial charge in [0, 0.05) is 6.54 Å². The highest BCUT2D eigenvalue weighted by atomic mass is 15.1. The number of likely N-dealkylation sites (tertiary alicyclic amines) is 1. The minimum absolute atomic E-state index is 0.906. The molecule has 0 radical (unpaired) electrons. The Hall–Kier alpha value is -0.0800. The Bertz CT molecular complexity index is 199. The Kier molecular flexibility index (Phi) is 4.66. The summed E-state index contributed by atoms with van der Waals surface area (Å²) in [6.45, 7) is 11.4. The van der Waals surface area contributed by atoms with Crippen LogP contribution in [0.4, 0.5) is 0 Å². The Morgan fingerprint density at radius 2 is 2.25 bits per heavy atom. The lowest BCUT2D eigenvalue weighted by atomic mass is 9.85. The van der Waals surface area contributed by atoms with E-state index in [1.807, 2.05) is 0 Å². The summed E-state index contributed by atoms with van der Waals surface area (Å²) < 4.78 is 0. The molecule has 94 valence electrons. The molecule has 0 bridgehead atoms. The van der Waals surface area contributed by atoms with E-state index in [2.05, 4.69) is 24.1 Å². The van der Waals surface area contributed by atoms with Gasteiger partial charge >= 0.3 is 0 Å². The molecule has 2 nitrogen and oxygen atoms in total. The third-order valence-corrected chi connectivity index (χ3v) is 4.55. The maximum atomic E-state index is 3.54. The molecule has 2 aliphatic heterocycles. The summed E-state index contributed by atoms with van der Waals surface area (Å²) in [6.07, 6.45) is 5.65. The van der Waals surface area contributed by atoms with Gasteiger partial charge in [0.2, 0.25) is 0 Å². The van der Waals surface area contributed by atoms with E-state index in [1.165, 1.54) is 58.4 Å². The van der Waals surface area contributed by atoms with Crippen molar-refractivity contribution in [3.8, 4) is 0 Å². The van der Waals surface area contributed by atoms with E-state index in [9.17, 15) is 0 Å². The third-order valence-electron chi connectivity index (χ3n) is 4.55. The van der Waals surface area contributed by atoms with E-state index in [4.69, 9.17) is 0 Å². The molecule has 0 spiro atoms. The molecule has 0 aromatic rings. The molecule has 1 N–H and O–H groups in total. The SMILES string of the molecule is CC1CCN(CCC(C)C2CCCNC2)C1. The van der Waals surface area contributed by atoms with Gasteiger partial charge in [-0.25, -0.2) is 0 Å². The van der Waals surface area contributed by atoms with Crippen LogP contribution in [-0.2, 0) is 0 Å². The Balaban J connectivity index is 1.64. The average Bonchev–Trinajstić information content (AvgIpc) is 2.73. The van der Waals surface area contributed by atoms with Crippen LogP contribution in [-0.4, -0.2) is 37.6 Å². The van der Waals surface area contributed by atoms with Crippen molar-refractivity contribution in [3.05, 3.63) is 0 Å². The second kappa shape index (κ2) is 6.02. The lowest BCUT2D eigenvalue weighted by molar-refractivity contribution is 0.230. The normalized spacial score (nSPS) is 34.1. The monoisotopic (exact) mass is 224 g/mol. The van der Waals surface area contributed by atoms with E-state index in [0.717, 1.165) is 17.8 Å². The zero-order chi connectivity index (χ0) is 11.4. The maximum absolute atomic E-state index is 3.54. The number of hydrogen-bond donors (Lipinski definition) is 1. The summed E-state index contributed by atoms with van der Waals surface area (Å²) in [5.74, 6) is 2.78. The fourth-order valence-electron chi connectivity index (χ4n) is 3.22. The van der Waals surface area contributed by atoms with E-state index >= 15 is 0 Å². The standard InChI is InChI=1S/C14H28N2/c1-12-5-8-16(11-12)9-6-13(2)14-4-3-7-15-10-14/h12-15H,3-11H2,1-2H3. The van der Waals surface area contributed by atoms with Gasteiger partial charge < -0.3 is 10.2 Å². The van der Waals surface area contributed by atoms with Gasteiger partial charge in [0.25, 0.3) is 0 Å². The van der Waals surface area contributed by atoms with E-state index in [-0.39, 0.29) is 0 Å². The van der Waals surface area contributed by atoms with Crippen molar-refractivity contribution in [1.29, 1.82) is 0 Å². The summed E-state index contributed by atoms with van der Waals surface area (Å²) in [4.78, 5) is 2.66. The minimum Gasteiger partial charge on any atom is -0.316 e. The van der Waals surface area contributed by atoms with E-state index in [0.29, 0.717) is 0 Å². The molecule has 0 saturated carbocycles. The number of hydrogen-bond acceptors (Lipinski definition) is 2. The van der Waals surface area contributed by atoms with E-state index < -0.39 is 0 Å². The van der Waals surface area contributed by atoms with Crippen molar-refractivity contribution in [3.63, 3.8) is 0 Å². The molecule has 0 aromatic heterocycles. The molecule has 0 amide bonds. The summed E-state index contributed by atoms with van der Waals surface area (Å²) in [5, 5.41) is 3.54. The second-order valence-electron chi connectivity index (χ2n) is 6.07. The van der Waals surface area contributed by atoms with Crippen LogP contribution in [0.2, 0.25) is 0 Å². The Morgan fingerprint density at radius 1 is 1.38 bits per heavy atom. The number of piperidine rings is 1. The largest absolute Gasteiger partial charge is 0.316 e. The van der Waals surface area contributed by atoms with Crippen LogP contribution in [0.15, 0.2) is 0 Å². The highest BCUT2D eigenvalue weighted by Gasteiger charge is 2.22. The molecule has 0 aromatic carbocycles. The van der Waals surface area contributed by atoms with Gasteiger partial charge in [-0.15, -0.1) is 0 Å². The zero-order valence-electron chi connectivity index (χ0n) is 11.0. The fourth-order valence-corrected chi connectivity index (χ4v) is 3.22. The molecule has 3 atom stereocenters. The van der Waals surface area contributed by atoms with Crippen LogP contribution >= 0.6 is 0 Å². The van der Waals surface area contributed by atoms with Crippen molar-refractivity contribution in [2.45, 2.75) is 39.5 Å².